The van der Waals surface area contributed by atoms with Crippen molar-refractivity contribution in [1.29, 1.82) is 0 Å². The minimum absolute atomic E-state index is 0.0229. The van der Waals surface area contributed by atoms with Crippen molar-refractivity contribution in [2.24, 2.45) is 0 Å². The number of pyridine rings is 1. The van der Waals surface area contributed by atoms with Crippen LogP contribution in [-0.2, 0) is 15.7 Å². The molecule has 0 aliphatic heterocycles. The third-order valence-electron chi connectivity index (χ3n) is 3.61. The fraction of sp³-hybridized carbons (Fsp3) is 0.350. The van der Waals surface area contributed by atoms with Crippen LogP contribution in [0.15, 0.2) is 42.5 Å². The van der Waals surface area contributed by atoms with Crippen molar-refractivity contribution in [3.63, 3.8) is 0 Å². The van der Waals surface area contributed by atoms with E-state index in [1.54, 1.807) is 51.1 Å². The van der Waals surface area contributed by atoms with Gasteiger partial charge in [0.1, 0.15) is 17.3 Å². The summed E-state index contributed by atoms with van der Waals surface area (Å²) in [6.07, 6.45) is -5.44. The smallest absolute Gasteiger partial charge is 0.433 e. The molecule has 7 nitrogen and oxygen atoms in total. The summed E-state index contributed by atoms with van der Waals surface area (Å²) >= 11 is 0. The highest BCUT2D eigenvalue weighted by Gasteiger charge is 2.33. The lowest BCUT2D eigenvalue weighted by molar-refractivity contribution is -0.141. The van der Waals surface area contributed by atoms with Gasteiger partial charge in [-0.2, -0.15) is 13.2 Å². The first kappa shape index (κ1) is 23.0. The lowest BCUT2D eigenvalue weighted by Crippen LogP contribution is -2.44. The van der Waals surface area contributed by atoms with Gasteiger partial charge in [-0.1, -0.05) is 18.2 Å². The summed E-state index contributed by atoms with van der Waals surface area (Å²) in [4.78, 5) is 27.9. The zero-order valence-corrected chi connectivity index (χ0v) is 16.9. The molecule has 10 heteroatoms. The molecule has 0 aliphatic carbocycles. The first-order valence-corrected chi connectivity index (χ1v) is 9.06. The van der Waals surface area contributed by atoms with Crippen LogP contribution in [0.4, 0.5) is 35.2 Å². The standard InChI is InChI=1S/C20H23F3N4O3/c1-12(24-18(29)30-19(2,3)4)17(28)26-14-10-11-15(20(21,22)23)27-16(14)25-13-8-6-5-7-9-13/h5-12H,1-4H3,(H,24,29)(H,25,27)(H,26,28). The second-order valence-corrected chi connectivity index (χ2v) is 7.44. The number of rotatable bonds is 5. The lowest BCUT2D eigenvalue weighted by Gasteiger charge is -2.22. The fourth-order valence-electron chi connectivity index (χ4n) is 2.26. The van der Waals surface area contributed by atoms with Gasteiger partial charge in [-0.3, -0.25) is 4.79 Å². The first-order valence-electron chi connectivity index (χ1n) is 9.06. The van der Waals surface area contributed by atoms with Gasteiger partial charge in [-0.15, -0.1) is 0 Å². The number of alkyl carbamates (subject to hydrolysis) is 1. The highest BCUT2D eigenvalue weighted by Crippen LogP contribution is 2.32. The Hall–Kier alpha value is -3.30. The third kappa shape index (κ3) is 6.94. The van der Waals surface area contributed by atoms with Crippen LogP contribution in [0, 0.1) is 0 Å². The van der Waals surface area contributed by atoms with Crippen LogP contribution < -0.4 is 16.0 Å². The topological polar surface area (TPSA) is 92.3 Å². The van der Waals surface area contributed by atoms with E-state index in [0.717, 1.165) is 12.1 Å². The molecule has 0 fully saturated rings. The maximum absolute atomic E-state index is 13.1. The minimum atomic E-state index is -4.65. The monoisotopic (exact) mass is 424 g/mol. The molecule has 1 unspecified atom stereocenters. The fourth-order valence-corrected chi connectivity index (χ4v) is 2.26. The number of anilines is 3. The van der Waals surface area contributed by atoms with Gasteiger partial charge < -0.3 is 20.7 Å². The van der Waals surface area contributed by atoms with Crippen molar-refractivity contribution in [1.82, 2.24) is 10.3 Å². The maximum atomic E-state index is 13.1. The molecular weight excluding hydrogens is 401 g/mol. The predicted octanol–water partition coefficient (Wildman–Crippen LogP) is 4.70. The molecule has 0 saturated carbocycles. The number of alkyl halides is 3. The Kier molecular flexibility index (Phi) is 6.91. The Morgan fingerprint density at radius 1 is 1.03 bits per heavy atom. The number of para-hydroxylation sites is 1. The number of nitrogens with one attached hydrogen (secondary N) is 3. The van der Waals surface area contributed by atoms with Crippen LogP contribution in [0.2, 0.25) is 0 Å². The quantitative estimate of drug-likeness (QED) is 0.647. The van der Waals surface area contributed by atoms with E-state index < -0.39 is 35.5 Å². The summed E-state index contributed by atoms with van der Waals surface area (Å²) in [6, 6.07) is 9.27. The van der Waals surface area contributed by atoms with Crippen molar-refractivity contribution in [3.8, 4) is 0 Å². The number of hydrogen-bond donors (Lipinski definition) is 3. The van der Waals surface area contributed by atoms with E-state index >= 15 is 0 Å². The molecule has 0 saturated heterocycles. The number of hydrogen-bond acceptors (Lipinski definition) is 5. The molecule has 1 heterocycles. The zero-order valence-electron chi connectivity index (χ0n) is 16.9. The molecule has 0 spiro atoms. The van der Waals surface area contributed by atoms with Crippen molar-refractivity contribution in [2.45, 2.75) is 45.5 Å². The normalized spacial score (nSPS) is 12.6. The average Bonchev–Trinajstić information content (AvgIpc) is 2.61. The van der Waals surface area contributed by atoms with E-state index in [4.69, 9.17) is 4.74 Å². The van der Waals surface area contributed by atoms with Gasteiger partial charge in [-0.05, 0) is 52.0 Å². The van der Waals surface area contributed by atoms with Gasteiger partial charge in [0.25, 0.3) is 0 Å². The molecular formula is C20H23F3N4O3. The van der Waals surface area contributed by atoms with Crippen LogP contribution in [0.25, 0.3) is 0 Å². The number of nitrogens with zero attached hydrogens (tertiary/aromatic N) is 1. The summed E-state index contributed by atoms with van der Waals surface area (Å²) in [6.45, 7) is 6.44. The Balaban J connectivity index is 2.20. The van der Waals surface area contributed by atoms with Crippen LogP contribution in [-0.4, -0.2) is 28.6 Å². The van der Waals surface area contributed by atoms with E-state index in [-0.39, 0.29) is 11.5 Å². The predicted molar refractivity (Wildman–Crippen MR) is 106 cm³/mol. The molecule has 3 N–H and O–H groups in total. The molecule has 2 aromatic rings. The van der Waals surface area contributed by atoms with Gasteiger partial charge in [0, 0.05) is 5.69 Å². The molecule has 162 valence electrons. The second kappa shape index (κ2) is 9.02. The Morgan fingerprint density at radius 3 is 2.23 bits per heavy atom. The van der Waals surface area contributed by atoms with Gasteiger partial charge in [0.05, 0.1) is 5.69 Å². The molecule has 0 radical (unpaired) electrons. The number of carbonyl (C=O) groups excluding carboxylic acids is 2. The zero-order chi connectivity index (χ0) is 22.5. The van der Waals surface area contributed by atoms with Crippen LogP contribution >= 0.6 is 0 Å². The van der Waals surface area contributed by atoms with E-state index in [1.165, 1.54) is 6.92 Å². The Bertz CT molecular complexity index is 896. The molecule has 0 aliphatic rings. The molecule has 0 bridgehead atoms. The van der Waals surface area contributed by atoms with Gasteiger partial charge in [-0.25, -0.2) is 9.78 Å². The van der Waals surface area contributed by atoms with E-state index in [0.29, 0.717) is 5.69 Å². The minimum Gasteiger partial charge on any atom is -0.444 e. The molecule has 2 rings (SSSR count). The van der Waals surface area contributed by atoms with Crippen molar-refractivity contribution >= 4 is 29.2 Å². The van der Waals surface area contributed by atoms with Crippen molar-refractivity contribution < 1.29 is 27.5 Å². The number of amides is 2. The molecule has 2 amide bonds. The van der Waals surface area contributed by atoms with Crippen LogP contribution in [0.1, 0.15) is 33.4 Å². The van der Waals surface area contributed by atoms with Gasteiger partial charge in [0.15, 0.2) is 5.82 Å². The first-order chi connectivity index (χ1) is 13.8. The molecule has 30 heavy (non-hydrogen) atoms. The number of aromatic nitrogens is 1. The van der Waals surface area contributed by atoms with Gasteiger partial charge >= 0.3 is 12.3 Å². The summed E-state index contributed by atoms with van der Waals surface area (Å²) < 4.78 is 44.3. The molecule has 1 aromatic heterocycles. The van der Waals surface area contributed by atoms with E-state index in [1.807, 2.05) is 0 Å². The largest absolute Gasteiger partial charge is 0.444 e. The van der Waals surface area contributed by atoms with Crippen molar-refractivity contribution in [2.75, 3.05) is 10.6 Å². The van der Waals surface area contributed by atoms with Crippen LogP contribution in [0.3, 0.4) is 0 Å². The van der Waals surface area contributed by atoms with Gasteiger partial charge in [0.2, 0.25) is 5.91 Å². The summed E-state index contributed by atoms with van der Waals surface area (Å²) in [5, 5.41) is 7.61. The highest BCUT2D eigenvalue weighted by molar-refractivity contribution is 5.98. The number of ether oxygens (including phenoxy) is 1. The SMILES string of the molecule is CC(NC(=O)OC(C)(C)C)C(=O)Nc1ccc(C(F)(F)F)nc1Nc1ccccc1. The Morgan fingerprint density at radius 2 is 1.67 bits per heavy atom. The lowest BCUT2D eigenvalue weighted by atomic mass is 10.2. The van der Waals surface area contributed by atoms with E-state index in [2.05, 4.69) is 20.9 Å². The summed E-state index contributed by atoms with van der Waals surface area (Å²) in [7, 11) is 0. The second-order valence-electron chi connectivity index (χ2n) is 7.44. The summed E-state index contributed by atoms with van der Waals surface area (Å²) in [5.41, 5.74) is -1.35. The van der Waals surface area contributed by atoms with E-state index in [9.17, 15) is 22.8 Å². The maximum Gasteiger partial charge on any atom is 0.433 e. The Labute approximate surface area is 172 Å². The van der Waals surface area contributed by atoms with Crippen LogP contribution in [0.5, 0.6) is 0 Å². The van der Waals surface area contributed by atoms with Crippen molar-refractivity contribution in [3.05, 3.63) is 48.2 Å². The number of halogens is 3. The molecule has 1 atom stereocenters. The number of benzene rings is 1. The third-order valence-corrected chi connectivity index (χ3v) is 3.61. The number of carbonyl (C=O) groups is 2. The summed E-state index contributed by atoms with van der Waals surface area (Å²) in [5.74, 6) is -0.840. The highest BCUT2D eigenvalue weighted by atomic mass is 19.4. The average molecular weight is 424 g/mol. The molecule has 1 aromatic carbocycles.